The zero-order valence-corrected chi connectivity index (χ0v) is 23.1. The molecule has 2 heterocycles. The molecule has 0 radical (unpaired) electrons. The zero-order chi connectivity index (χ0) is 24.4. The fourth-order valence-corrected chi connectivity index (χ4v) is 4.88. The topological polar surface area (TPSA) is 71.8 Å². The number of para-hydroxylation sites is 1. The van der Waals surface area contributed by atoms with Crippen LogP contribution in [0.15, 0.2) is 88.9 Å². The van der Waals surface area contributed by atoms with E-state index in [2.05, 4.69) is 44.0 Å². The molecular weight excluding hydrogens is 647 g/mol. The fourth-order valence-electron chi connectivity index (χ4n) is 4.08. The molecule has 0 aliphatic rings. The quantitative estimate of drug-likeness (QED) is 0.207. The molecule has 0 saturated carbocycles. The molecule has 7 heteroatoms. The van der Waals surface area contributed by atoms with Crippen LogP contribution >= 0.6 is 11.8 Å². The maximum absolute atomic E-state index is 10.5. The molecule has 0 saturated heterocycles. The molecular formula is C29H23N4OPtS-. The van der Waals surface area contributed by atoms with Gasteiger partial charge in [-0.1, -0.05) is 52.6 Å². The van der Waals surface area contributed by atoms with E-state index in [9.17, 15) is 5.11 Å². The first-order valence-electron chi connectivity index (χ1n) is 11.2. The third-order valence-electron chi connectivity index (χ3n) is 5.54. The van der Waals surface area contributed by atoms with Crippen LogP contribution in [-0.2, 0) is 21.1 Å². The van der Waals surface area contributed by atoms with E-state index in [1.807, 2.05) is 48.5 Å². The molecule has 36 heavy (non-hydrogen) atoms. The van der Waals surface area contributed by atoms with Gasteiger partial charge in [-0.2, -0.15) is 0 Å². The molecule has 5 aromatic rings. The van der Waals surface area contributed by atoms with Gasteiger partial charge in [0.2, 0.25) is 0 Å². The van der Waals surface area contributed by atoms with Crippen LogP contribution in [-0.4, -0.2) is 25.0 Å². The summed E-state index contributed by atoms with van der Waals surface area (Å²) < 4.78 is 0. The second kappa shape index (κ2) is 11.2. The Morgan fingerprint density at radius 1 is 0.750 bits per heavy atom. The summed E-state index contributed by atoms with van der Waals surface area (Å²) in [5, 5.41) is 11.4. The van der Waals surface area contributed by atoms with E-state index in [4.69, 9.17) is 15.0 Å². The van der Waals surface area contributed by atoms with Gasteiger partial charge in [0.25, 0.3) is 0 Å². The Bertz CT molecular complexity index is 1500. The van der Waals surface area contributed by atoms with E-state index in [0.717, 1.165) is 32.2 Å². The van der Waals surface area contributed by atoms with Crippen molar-refractivity contribution in [1.29, 1.82) is 0 Å². The van der Waals surface area contributed by atoms with Gasteiger partial charge in [-0.3, -0.25) is 9.97 Å². The summed E-state index contributed by atoms with van der Waals surface area (Å²) in [4.78, 5) is 19.7. The summed E-state index contributed by atoms with van der Waals surface area (Å²) in [7, 11) is 0. The van der Waals surface area contributed by atoms with Crippen LogP contribution in [0.3, 0.4) is 0 Å². The van der Waals surface area contributed by atoms with Crippen molar-refractivity contribution >= 4 is 11.8 Å². The van der Waals surface area contributed by atoms with Crippen molar-refractivity contribution in [2.45, 2.75) is 30.7 Å². The molecule has 1 N–H and O–H groups in total. The number of aryl methyl sites for hydroxylation is 3. The molecule has 0 aliphatic carbocycles. The van der Waals surface area contributed by atoms with Crippen molar-refractivity contribution in [1.82, 2.24) is 19.9 Å². The smallest absolute Gasteiger partial charge is 0.158 e. The second-order valence-electron chi connectivity index (χ2n) is 8.30. The molecule has 5 rings (SSSR count). The monoisotopic (exact) mass is 670 g/mol. The molecule has 0 spiro atoms. The first-order valence-corrected chi connectivity index (χ1v) is 12.0. The SMILES string of the molecule is Cc1cc(C)c(-c2nc(-c3[c-]c(Sc4ccccn4)ccc3)nc(-c3ccccc3O)n2)c(C)c1.[Pt]. The van der Waals surface area contributed by atoms with Gasteiger partial charge < -0.3 is 5.11 Å². The summed E-state index contributed by atoms with van der Waals surface area (Å²) in [5.74, 6) is 1.60. The van der Waals surface area contributed by atoms with Gasteiger partial charge in [0.1, 0.15) is 5.75 Å². The molecule has 0 bridgehead atoms. The van der Waals surface area contributed by atoms with E-state index < -0.39 is 0 Å². The Labute approximate surface area is 229 Å². The maximum atomic E-state index is 10.5. The Hall–Kier alpha value is -3.34. The standard InChI is InChI=1S/C29H23N4OS.Pt/c1-18-15-19(2)26(20(3)16-18)29-32-27(31-28(33-29)23-11-4-5-12-24(23)34)21-9-8-10-22(17-21)35-25-13-6-7-14-30-25;/h4-16,34H,1-3H3;/q-1;. The van der Waals surface area contributed by atoms with Gasteiger partial charge in [-0.05, 0) is 56.2 Å². The van der Waals surface area contributed by atoms with E-state index >= 15 is 0 Å². The van der Waals surface area contributed by atoms with Crippen molar-refractivity contribution in [2.24, 2.45) is 0 Å². The molecule has 0 fully saturated rings. The first-order chi connectivity index (χ1) is 17.0. The molecule has 5 nitrogen and oxygen atoms in total. The average Bonchev–Trinajstić information content (AvgIpc) is 2.84. The molecule has 0 aliphatic heterocycles. The van der Waals surface area contributed by atoms with Gasteiger partial charge in [-0.15, -0.1) is 29.8 Å². The Morgan fingerprint density at radius 2 is 1.44 bits per heavy atom. The Morgan fingerprint density at radius 3 is 2.17 bits per heavy atom. The number of hydrogen-bond acceptors (Lipinski definition) is 6. The fraction of sp³-hybridized carbons (Fsp3) is 0.103. The number of aromatic nitrogens is 4. The molecule has 0 atom stereocenters. The normalized spacial score (nSPS) is 10.6. The van der Waals surface area contributed by atoms with Crippen molar-refractivity contribution < 1.29 is 26.2 Å². The van der Waals surface area contributed by atoms with Crippen LogP contribution in [0.5, 0.6) is 5.75 Å². The van der Waals surface area contributed by atoms with Crippen molar-refractivity contribution in [3.63, 3.8) is 0 Å². The van der Waals surface area contributed by atoms with E-state index in [0.29, 0.717) is 23.0 Å². The minimum Gasteiger partial charge on any atom is -0.507 e. The molecule has 0 amide bonds. The van der Waals surface area contributed by atoms with Gasteiger partial charge in [0.05, 0.1) is 16.4 Å². The number of phenols is 1. The van der Waals surface area contributed by atoms with Gasteiger partial charge in [-0.25, -0.2) is 9.97 Å². The summed E-state index contributed by atoms with van der Waals surface area (Å²) in [5.41, 5.74) is 5.63. The van der Waals surface area contributed by atoms with Crippen molar-refractivity contribution in [3.8, 4) is 39.9 Å². The van der Waals surface area contributed by atoms with Crippen LogP contribution in [0.2, 0.25) is 0 Å². The largest absolute Gasteiger partial charge is 0.507 e. The summed E-state index contributed by atoms with van der Waals surface area (Å²) in [6.45, 7) is 6.21. The number of benzene rings is 3. The number of nitrogens with zero attached hydrogens (tertiary/aromatic N) is 4. The van der Waals surface area contributed by atoms with Crippen LogP contribution in [0.4, 0.5) is 0 Å². The summed E-state index contributed by atoms with van der Waals surface area (Å²) in [6, 6.07) is 26.5. The third-order valence-corrected chi connectivity index (χ3v) is 6.45. The number of aromatic hydroxyl groups is 1. The van der Waals surface area contributed by atoms with Crippen LogP contribution < -0.4 is 0 Å². The number of hydrogen-bond donors (Lipinski definition) is 1. The number of rotatable bonds is 5. The van der Waals surface area contributed by atoms with E-state index in [1.54, 1.807) is 18.3 Å². The van der Waals surface area contributed by atoms with Crippen LogP contribution in [0.1, 0.15) is 16.7 Å². The minimum absolute atomic E-state index is 0. The molecule has 3 aromatic carbocycles. The number of phenolic OH excluding ortho intramolecular Hbond substituents is 1. The predicted octanol–water partition coefficient (Wildman–Crippen LogP) is 6.85. The van der Waals surface area contributed by atoms with Crippen LogP contribution in [0, 0.1) is 26.8 Å². The van der Waals surface area contributed by atoms with E-state index in [-0.39, 0.29) is 26.8 Å². The van der Waals surface area contributed by atoms with Crippen LogP contribution in [0.25, 0.3) is 34.2 Å². The minimum atomic E-state index is 0. The predicted molar refractivity (Wildman–Crippen MR) is 139 cm³/mol. The van der Waals surface area contributed by atoms with Gasteiger partial charge >= 0.3 is 0 Å². The Balaban J connectivity index is 0.00000304. The first kappa shape index (κ1) is 25.7. The zero-order valence-electron chi connectivity index (χ0n) is 20.0. The second-order valence-corrected chi connectivity index (χ2v) is 9.36. The molecule has 182 valence electrons. The van der Waals surface area contributed by atoms with Crippen molar-refractivity contribution in [2.75, 3.05) is 0 Å². The average molecular weight is 671 g/mol. The maximum Gasteiger partial charge on any atom is 0.158 e. The van der Waals surface area contributed by atoms with E-state index in [1.165, 1.54) is 17.3 Å². The van der Waals surface area contributed by atoms with Gasteiger partial charge in [0.15, 0.2) is 11.6 Å². The number of pyridine rings is 1. The third kappa shape index (κ3) is 5.56. The van der Waals surface area contributed by atoms with Gasteiger partial charge in [0, 0.05) is 32.8 Å². The molecule has 0 unspecified atom stereocenters. The summed E-state index contributed by atoms with van der Waals surface area (Å²) >= 11 is 1.53. The summed E-state index contributed by atoms with van der Waals surface area (Å²) in [6.07, 6.45) is 1.77. The molecule has 2 aromatic heterocycles. The van der Waals surface area contributed by atoms with Crippen molar-refractivity contribution in [3.05, 3.63) is 102 Å². The Kier molecular flexibility index (Phi) is 7.97.